The Morgan fingerprint density at radius 1 is 1.00 bits per heavy atom. The summed E-state index contributed by atoms with van der Waals surface area (Å²) in [6.07, 6.45) is 0.158. The second-order valence-electron chi connectivity index (χ2n) is 5.33. The minimum atomic E-state index is -1.40. The van der Waals surface area contributed by atoms with Crippen LogP contribution >= 0.6 is 0 Å². The van der Waals surface area contributed by atoms with Crippen LogP contribution in [-0.4, -0.2) is 31.1 Å². The normalized spacial score (nSPS) is 10.8. The summed E-state index contributed by atoms with van der Waals surface area (Å²) in [6.45, 7) is 6.69. The third-order valence-corrected chi connectivity index (χ3v) is 3.28. The molecule has 23 heavy (non-hydrogen) atoms. The molecule has 6 heteroatoms. The lowest BCUT2D eigenvalue weighted by Crippen LogP contribution is -2.41. The summed E-state index contributed by atoms with van der Waals surface area (Å²) in [4.78, 5) is 35.5. The van der Waals surface area contributed by atoms with Gasteiger partial charge in [0.15, 0.2) is 5.41 Å². The summed E-state index contributed by atoms with van der Waals surface area (Å²) in [5, 5.41) is 2.66. The molecule has 0 fully saturated rings. The summed E-state index contributed by atoms with van der Waals surface area (Å²) < 4.78 is 10.1. The van der Waals surface area contributed by atoms with Gasteiger partial charge in [-0.05, 0) is 44.9 Å². The zero-order valence-electron chi connectivity index (χ0n) is 14.0. The Labute approximate surface area is 136 Å². The van der Waals surface area contributed by atoms with Crippen LogP contribution in [0.1, 0.15) is 33.3 Å². The lowest BCUT2D eigenvalue weighted by atomic mass is 9.83. The Balaban J connectivity index is 2.98. The number of esters is 2. The number of anilines is 1. The third-order valence-electron chi connectivity index (χ3n) is 3.28. The van der Waals surface area contributed by atoms with E-state index in [0.717, 1.165) is 5.56 Å². The maximum absolute atomic E-state index is 12.2. The highest BCUT2D eigenvalue weighted by Gasteiger charge is 2.44. The molecule has 1 rings (SSSR count). The maximum Gasteiger partial charge on any atom is 0.323 e. The Morgan fingerprint density at radius 2 is 1.48 bits per heavy atom. The molecule has 0 unspecified atom stereocenters. The molecule has 126 valence electrons. The lowest BCUT2D eigenvalue weighted by molar-refractivity contribution is -0.170. The summed E-state index contributed by atoms with van der Waals surface area (Å²) in [5.74, 6) is -1.38. The monoisotopic (exact) mass is 321 g/mol. The molecule has 1 aromatic carbocycles. The van der Waals surface area contributed by atoms with E-state index in [4.69, 9.17) is 9.47 Å². The van der Waals surface area contributed by atoms with Gasteiger partial charge in [-0.3, -0.25) is 14.4 Å². The van der Waals surface area contributed by atoms with Crippen molar-refractivity contribution < 1.29 is 23.9 Å². The van der Waals surface area contributed by atoms with Crippen LogP contribution in [0.5, 0.6) is 0 Å². The standard InChI is InChI=1S/C17H23NO5/c1-5-22-15(20)17(4,16(21)23-6-2)11-13-7-9-14(10-8-13)18-12(3)19/h7-10H,5-6,11H2,1-4H3,(H,18,19). The molecule has 1 N–H and O–H groups in total. The highest BCUT2D eigenvalue weighted by atomic mass is 16.6. The van der Waals surface area contributed by atoms with Crippen molar-refractivity contribution in [2.24, 2.45) is 5.41 Å². The van der Waals surface area contributed by atoms with Gasteiger partial charge >= 0.3 is 11.9 Å². The smallest absolute Gasteiger partial charge is 0.323 e. The van der Waals surface area contributed by atoms with Crippen molar-refractivity contribution in [3.05, 3.63) is 29.8 Å². The second kappa shape index (κ2) is 8.31. The quantitative estimate of drug-likeness (QED) is 0.615. The van der Waals surface area contributed by atoms with Gasteiger partial charge in [-0.2, -0.15) is 0 Å². The molecule has 0 saturated carbocycles. The number of carbonyl (C=O) groups is 3. The predicted molar refractivity (Wildman–Crippen MR) is 85.8 cm³/mol. The number of benzene rings is 1. The number of rotatable bonds is 7. The van der Waals surface area contributed by atoms with Crippen LogP contribution in [-0.2, 0) is 30.3 Å². The van der Waals surface area contributed by atoms with Crippen LogP contribution in [0.4, 0.5) is 5.69 Å². The zero-order chi connectivity index (χ0) is 17.5. The molecule has 1 amide bonds. The summed E-state index contributed by atoms with van der Waals surface area (Å²) in [5.41, 5.74) is 0.0135. The van der Waals surface area contributed by atoms with Crippen LogP contribution in [0.2, 0.25) is 0 Å². The Kier molecular flexibility index (Phi) is 6.75. The lowest BCUT2D eigenvalue weighted by Gasteiger charge is -2.25. The van der Waals surface area contributed by atoms with E-state index >= 15 is 0 Å². The highest BCUT2D eigenvalue weighted by Crippen LogP contribution is 2.27. The number of ether oxygens (including phenoxy) is 2. The molecule has 6 nitrogen and oxygen atoms in total. The first-order valence-electron chi connectivity index (χ1n) is 7.54. The first-order valence-corrected chi connectivity index (χ1v) is 7.54. The summed E-state index contributed by atoms with van der Waals surface area (Å²) in [7, 11) is 0. The SMILES string of the molecule is CCOC(=O)C(C)(Cc1ccc(NC(C)=O)cc1)C(=O)OCC. The van der Waals surface area contributed by atoms with Gasteiger partial charge in [0.1, 0.15) is 0 Å². The number of amides is 1. The summed E-state index contributed by atoms with van der Waals surface area (Å²) >= 11 is 0. The second-order valence-corrected chi connectivity index (χ2v) is 5.33. The average molecular weight is 321 g/mol. The van der Waals surface area contributed by atoms with Gasteiger partial charge in [-0.15, -0.1) is 0 Å². The fourth-order valence-electron chi connectivity index (χ4n) is 2.13. The van der Waals surface area contributed by atoms with Crippen molar-refractivity contribution in [3.63, 3.8) is 0 Å². The van der Waals surface area contributed by atoms with Crippen molar-refractivity contribution >= 4 is 23.5 Å². The molecular formula is C17H23NO5. The van der Waals surface area contributed by atoms with Crippen LogP contribution in [0.15, 0.2) is 24.3 Å². The molecule has 0 heterocycles. The molecule has 0 saturated heterocycles. The molecule has 0 aliphatic carbocycles. The first kappa shape index (κ1) is 18.7. The maximum atomic E-state index is 12.2. The Hall–Kier alpha value is -2.37. The fourth-order valence-corrected chi connectivity index (χ4v) is 2.13. The van der Waals surface area contributed by atoms with E-state index < -0.39 is 17.4 Å². The van der Waals surface area contributed by atoms with E-state index in [9.17, 15) is 14.4 Å². The Bertz CT molecular complexity index is 547. The van der Waals surface area contributed by atoms with Gasteiger partial charge < -0.3 is 14.8 Å². The van der Waals surface area contributed by atoms with Crippen LogP contribution < -0.4 is 5.32 Å². The van der Waals surface area contributed by atoms with E-state index in [1.807, 2.05) is 0 Å². The van der Waals surface area contributed by atoms with Crippen molar-refractivity contribution in [1.29, 1.82) is 0 Å². The topological polar surface area (TPSA) is 81.7 Å². The highest BCUT2D eigenvalue weighted by molar-refractivity contribution is 6.00. The van der Waals surface area contributed by atoms with Gasteiger partial charge in [0.2, 0.25) is 5.91 Å². The number of hydrogen-bond donors (Lipinski definition) is 1. The fraction of sp³-hybridized carbons (Fsp3) is 0.471. The van der Waals surface area contributed by atoms with Crippen molar-refractivity contribution in [3.8, 4) is 0 Å². The minimum Gasteiger partial charge on any atom is -0.465 e. The molecule has 0 spiro atoms. The van der Waals surface area contributed by atoms with Gasteiger partial charge in [-0.1, -0.05) is 12.1 Å². The minimum absolute atomic E-state index is 0.158. The predicted octanol–water partition coefficient (Wildman–Crippen LogP) is 2.32. The van der Waals surface area contributed by atoms with Gasteiger partial charge in [0.25, 0.3) is 0 Å². The molecule has 0 bridgehead atoms. The molecule has 1 aromatic rings. The van der Waals surface area contributed by atoms with Gasteiger partial charge in [-0.25, -0.2) is 0 Å². The van der Waals surface area contributed by atoms with Crippen molar-refractivity contribution in [1.82, 2.24) is 0 Å². The summed E-state index contributed by atoms with van der Waals surface area (Å²) in [6, 6.07) is 6.94. The van der Waals surface area contributed by atoms with Crippen LogP contribution in [0, 0.1) is 5.41 Å². The molecule has 0 aliphatic heterocycles. The van der Waals surface area contributed by atoms with E-state index in [0.29, 0.717) is 5.69 Å². The largest absolute Gasteiger partial charge is 0.465 e. The molecule has 0 aromatic heterocycles. The number of carbonyl (C=O) groups excluding carboxylic acids is 3. The molecule has 0 radical (unpaired) electrons. The average Bonchev–Trinajstić information content (AvgIpc) is 2.49. The van der Waals surface area contributed by atoms with E-state index in [1.54, 1.807) is 38.1 Å². The zero-order valence-corrected chi connectivity index (χ0v) is 14.0. The van der Waals surface area contributed by atoms with Crippen LogP contribution in [0.3, 0.4) is 0 Å². The molecule has 0 atom stereocenters. The van der Waals surface area contributed by atoms with Gasteiger partial charge in [0, 0.05) is 12.6 Å². The Morgan fingerprint density at radius 3 is 1.87 bits per heavy atom. The van der Waals surface area contributed by atoms with Crippen molar-refractivity contribution in [2.45, 2.75) is 34.1 Å². The third kappa shape index (κ3) is 5.09. The van der Waals surface area contributed by atoms with Crippen LogP contribution in [0.25, 0.3) is 0 Å². The molecule has 0 aliphatic rings. The number of nitrogens with one attached hydrogen (secondary N) is 1. The van der Waals surface area contributed by atoms with Gasteiger partial charge in [0.05, 0.1) is 13.2 Å². The van der Waals surface area contributed by atoms with Crippen molar-refractivity contribution in [2.75, 3.05) is 18.5 Å². The first-order chi connectivity index (χ1) is 10.8. The van der Waals surface area contributed by atoms with E-state index in [1.165, 1.54) is 13.8 Å². The number of hydrogen-bond acceptors (Lipinski definition) is 5. The van der Waals surface area contributed by atoms with E-state index in [-0.39, 0.29) is 25.5 Å². The molecular weight excluding hydrogens is 298 g/mol. The van der Waals surface area contributed by atoms with E-state index in [2.05, 4.69) is 5.32 Å².